The van der Waals surface area contributed by atoms with E-state index in [0.29, 0.717) is 18.3 Å². The number of carbonyl (C=O) groups excluding carboxylic acids is 1. The maximum absolute atomic E-state index is 12.1. The van der Waals surface area contributed by atoms with Gasteiger partial charge in [-0.2, -0.15) is 0 Å². The summed E-state index contributed by atoms with van der Waals surface area (Å²) < 4.78 is 5.48. The van der Waals surface area contributed by atoms with E-state index in [1.165, 1.54) is 11.3 Å². The predicted molar refractivity (Wildman–Crippen MR) is 88.0 cm³/mol. The van der Waals surface area contributed by atoms with Crippen LogP contribution in [0, 0.1) is 0 Å². The summed E-state index contributed by atoms with van der Waals surface area (Å²) in [5, 5.41) is 5.48. The second-order valence-electron chi connectivity index (χ2n) is 5.37. The van der Waals surface area contributed by atoms with Gasteiger partial charge in [0.2, 0.25) is 5.91 Å². The number of ether oxygens (including phenoxy) is 1. The van der Waals surface area contributed by atoms with Gasteiger partial charge in [0.15, 0.2) is 5.13 Å². The minimum Gasteiger partial charge on any atom is -0.376 e. The van der Waals surface area contributed by atoms with Crippen molar-refractivity contribution in [2.24, 2.45) is 0 Å². The molecule has 0 saturated carbocycles. The van der Waals surface area contributed by atoms with Crippen LogP contribution in [0.15, 0.2) is 35.7 Å². The number of anilines is 1. The molecule has 22 heavy (non-hydrogen) atoms. The number of benzene rings is 1. The summed E-state index contributed by atoms with van der Waals surface area (Å²) in [6.45, 7) is 4.68. The van der Waals surface area contributed by atoms with E-state index in [0.717, 1.165) is 24.3 Å². The summed E-state index contributed by atoms with van der Waals surface area (Å²) in [5.74, 6) is -0.0249. The molecule has 1 unspecified atom stereocenters. The van der Waals surface area contributed by atoms with Crippen molar-refractivity contribution < 1.29 is 9.53 Å². The molecule has 0 bridgehead atoms. The number of nitrogens with one attached hydrogen (secondary N) is 1. The van der Waals surface area contributed by atoms with Crippen molar-refractivity contribution >= 4 is 22.4 Å². The standard InChI is InChI=1S/C16H19N3O2S/c1-12-9-19(7-8-21-12)10-15(20)18-16-17-14(11-22-16)13-5-3-2-4-6-13/h2-6,11-12H,7-10H2,1H3,(H,17,18,20). The fourth-order valence-corrected chi connectivity index (χ4v) is 3.20. The highest BCUT2D eigenvalue weighted by Crippen LogP contribution is 2.24. The molecule has 1 fully saturated rings. The number of carbonyl (C=O) groups is 1. The molecule has 2 aromatic rings. The van der Waals surface area contributed by atoms with Crippen molar-refractivity contribution in [3.8, 4) is 11.3 Å². The van der Waals surface area contributed by atoms with Gasteiger partial charge in [0, 0.05) is 24.0 Å². The molecule has 5 nitrogen and oxygen atoms in total. The number of hydrogen-bond acceptors (Lipinski definition) is 5. The smallest absolute Gasteiger partial charge is 0.240 e. The highest BCUT2D eigenvalue weighted by atomic mass is 32.1. The molecule has 1 aliphatic rings. The van der Waals surface area contributed by atoms with E-state index in [1.807, 2.05) is 42.6 Å². The van der Waals surface area contributed by atoms with E-state index in [2.05, 4.69) is 15.2 Å². The van der Waals surface area contributed by atoms with Gasteiger partial charge in [-0.1, -0.05) is 30.3 Å². The molecule has 1 saturated heterocycles. The third-order valence-electron chi connectivity index (χ3n) is 3.51. The summed E-state index contributed by atoms with van der Waals surface area (Å²) in [6, 6.07) is 9.95. The zero-order valence-corrected chi connectivity index (χ0v) is 13.3. The Hall–Kier alpha value is -1.76. The first kappa shape index (κ1) is 15.1. The Kier molecular flexibility index (Phi) is 4.82. The average molecular weight is 317 g/mol. The van der Waals surface area contributed by atoms with Crippen LogP contribution in [0.1, 0.15) is 6.92 Å². The van der Waals surface area contributed by atoms with Crippen molar-refractivity contribution in [1.82, 2.24) is 9.88 Å². The SMILES string of the molecule is CC1CN(CC(=O)Nc2nc(-c3ccccc3)cs2)CCO1. The van der Waals surface area contributed by atoms with Crippen LogP contribution in [-0.4, -0.2) is 48.1 Å². The zero-order chi connectivity index (χ0) is 15.4. The lowest BCUT2D eigenvalue weighted by atomic mass is 10.2. The number of amides is 1. The number of thiazole rings is 1. The number of hydrogen-bond donors (Lipinski definition) is 1. The van der Waals surface area contributed by atoms with Gasteiger partial charge < -0.3 is 10.1 Å². The minimum atomic E-state index is -0.0249. The van der Waals surface area contributed by atoms with E-state index in [4.69, 9.17) is 4.74 Å². The van der Waals surface area contributed by atoms with Crippen LogP contribution in [-0.2, 0) is 9.53 Å². The van der Waals surface area contributed by atoms with Gasteiger partial charge >= 0.3 is 0 Å². The van der Waals surface area contributed by atoms with Gasteiger partial charge in [0.05, 0.1) is 24.9 Å². The average Bonchev–Trinajstić information content (AvgIpc) is 2.96. The van der Waals surface area contributed by atoms with E-state index < -0.39 is 0 Å². The molecular formula is C16H19N3O2S. The van der Waals surface area contributed by atoms with E-state index in [1.54, 1.807) is 0 Å². The minimum absolute atomic E-state index is 0.0249. The summed E-state index contributed by atoms with van der Waals surface area (Å²) in [6.07, 6.45) is 0.186. The third-order valence-corrected chi connectivity index (χ3v) is 4.27. The molecule has 6 heteroatoms. The van der Waals surface area contributed by atoms with E-state index in [-0.39, 0.29) is 12.0 Å². The largest absolute Gasteiger partial charge is 0.376 e. The molecule has 1 aromatic heterocycles. The van der Waals surface area contributed by atoms with Crippen molar-refractivity contribution in [1.29, 1.82) is 0 Å². The molecule has 0 aliphatic carbocycles. The summed E-state index contributed by atoms with van der Waals surface area (Å²) in [5.41, 5.74) is 1.95. The van der Waals surface area contributed by atoms with E-state index >= 15 is 0 Å². The van der Waals surface area contributed by atoms with Gasteiger partial charge in [-0.05, 0) is 6.92 Å². The predicted octanol–water partition coefficient (Wildman–Crippen LogP) is 2.47. The van der Waals surface area contributed by atoms with Gasteiger partial charge in [0.1, 0.15) is 0 Å². The lowest BCUT2D eigenvalue weighted by Crippen LogP contribution is -2.44. The van der Waals surface area contributed by atoms with Crippen LogP contribution in [0.2, 0.25) is 0 Å². The van der Waals surface area contributed by atoms with Gasteiger partial charge in [0.25, 0.3) is 0 Å². The molecule has 116 valence electrons. The van der Waals surface area contributed by atoms with Crippen LogP contribution in [0.4, 0.5) is 5.13 Å². The summed E-state index contributed by atoms with van der Waals surface area (Å²) in [4.78, 5) is 18.7. The second-order valence-corrected chi connectivity index (χ2v) is 6.23. The Morgan fingerprint density at radius 2 is 2.27 bits per heavy atom. The lowest BCUT2D eigenvalue weighted by molar-refractivity contribution is -0.119. The molecule has 1 aromatic carbocycles. The molecule has 3 rings (SSSR count). The molecular weight excluding hydrogens is 298 g/mol. The Morgan fingerprint density at radius 3 is 3.05 bits per heavy atom. The Morgan fingerprint density at radius 1 is 1.45 bits per heavy atom. The highest BCUT2D eigenvalue weighted by molar-refractivity contribution is 7.14. The molecule has 1 aliphatic heterocycles. The molecule has 1 amide bonds. The van der Waals surface area contributed by atoms with Crippen LogP contribution in [0.25, 0.3) is 11.3 Å². The highest BCUT2D eigenvalue weighted by Gasteiger charge is 2.19. The van der Waals surface area contributed by atoms with Crippen LogP contribution >= 0.6 is 11.3 Å². The van der Waals surface area contributed by atoms with Crippen molar-refractivity contribution in [2.45, 2.75) is 13.0 Å². The molecule has 1 atom stereocenters. The van der Waals surface area contributed by atoms with Crippen LogP contribution in [0.5, 0.6) is 0 Å². The molecule has 0 radical (unpaired) electrons. The van der Waals surface area contributed by atoms with Gasteiger partial charge in [-0.15, -0.1) is 11.3 Å². The Balaban J connectivity index is 1.57. The normalized spacial score (nSPS) is 19.0. The van der Waals surface area contributed by atoms with Gasteiger partial charge in [-0.3, -0.25) is 9.69 Å². The third kappa shape index (κ3) is 3.91. The second kappa shape index (κ2) is 7.00. The first-order valence-corrected chi connectivity index (χ1v) is 8.23. The first-order valence-electron chi connectivity index (χ1n) is 7.35. The topological polar surface area (TPSA) is 54.5 Å². The number of nitrogens with zero attached hydrogens (tertiary/aromatic N) is 2. The van der Waals surface area contributed by atoms with E-state index in [9.17, 15) is 4.79 Å². The molecule has 2 heterocycles. The fourth-order valence-electron chi connectivity index (χ4n) is 2.47. The lowest BCUT2D eigenvalue weighted by Gasteiger charge is -2.30. The fraction of sp³-hybridized carbons (Fsp3) is 0.375. The van der Waals surface area contributed by atoms with Crippen LogP contribution in [0.3, 0.4) is 0 Å². The first-order chi connectivity index (χ1) is 10.7. The maximum Gasteiger partial charge on any atom is 0.240 e. The molecule has 0 spiro atoms. The molecule has 1 N–H and O–H groups in total. The Bertz CT molecular complexity index is 629. The van der Waals surface area contributed by atoms with Crippen LogP contribution < -0.4 is 5.32 Å². The summed E-state index contributed by atoms with van der Waals surface area (Å²) >= 11 is 1.45. The van der Waals surface area contributed by atoms with Crippen molar-refractivity contribution in [3.63, 3.8) is 0 Å². The maximum atomic E-state index is 12.1. The van der Waals surface area contributed by atoms with Crippen molar-refractivity contribution in [2.75, 3.05) is 31.6 Å². The number of morpholine rings is 1. The number of rotatable bonds is 4. The zero-order valence-electron chi connectivity index (χ0n) is 12.5. The quantitative estimate of drug-likeness (QED) is 0.941. The summed E-state index contributed by atoms with van der Waals surface area (Å²) in [7, 11) is 0. The Labute approximate surface area is 133 Å². The number of aromatic nitrogens is 1. The van der Waals surface area contributed by atoms with Gasteiger partial charge in [-0.25, -0.2) is 4.98 Å². The van der Waals surface area contributed by atoms with Crippen molar-refractivity contribution in [3.05, 3.63) is 35.7 Å². The monoisotopic (exact) mass is 317 g/mol.